The van der Waals surface area contributed by atoms with E-state index in [0.29, 0.717) is 0 Å². The molecule has 1 rings (SSSR count). The molecule has 1 aliphatic carbocycles. The van der Waals surface area contributed by atoms with E-state index in [9.17, 15) is 14.4 Å². The van der Waals surface area contributed by atoms with Crippen molar-refractivity contribution < 1.29 is 29.0 Å². The first kappa shape index (κ1) is 19.4. The van der Waals surface area contributed by atoms with Crippen LogP contribution in [-0.4, -0.2) is 54.9 Å². The molecule has 0 aliphatic heterocycles. The summed E-state index contributed by atoms with van der Waals surface area (Å²) in [6, 6.07) is -2.24. The Morgan fingerprint density at radius 1 is 1.39 bits per heavy atom. The monoisotopic (exact) mass is 330 g/mol. The van der Waals surface area contributed by atoms with Crippen molar-refractivity contribution in [2.45, 2.75) is 57.7 Å². The van der Waals surface area contributed by atoms with E-state index in [2.05, 4.69) is 23.9 Å². The first-order valence-corrected chi connectivity index (χ1v) is 7.64. The Balaban J connectivity index is 2.61. The average Bonchev–Trinajstić information content (AvgIpc) is 2.80. The van der Waals surface area contributed by atoms with Gasteiger partial charge in [-0.15, -0.1) is 0 Å². The lowest BCUT2D eigenvalue weighted by molar-refractivity contribution is -0.148. The van der Waals surface area contributed by atoms with Crippen molar-refractivity contribution in [2.24, 2.45) is 11.1 Å². The van der Waals surface area contributed by atoms with Crippen LogP contribution in [0.5, 0.6) is 0 Å². The molecule has 0 bridgehead atoms. The summed E-state index contributed by atoms with van der Waals surface area (Å²) < 4.78 is 10.4. The molecule has 1 amide bonds. The molecule has 8 nitrogen and oxygen atoms in total. The van der Waals surface area contributed by atoms with Crippen LogP contribution in [-0.2, 0) is 23.9 Å². The number of ether oxygens (including phenoxy) is 2. The number of hydrogen-bond acceptors (Lipinski definition) is 6. The summed E-state index contributed by atoms with van der Waals surface area (Å²) in [5.74, 6) is -2.57. The number of hydrogen-bond donors (Lipinski definition) is 3. The Hall–Kier alpha value is -1.67. The molecule has 3 atom stereocenters. The Morgan fingerprint density at radius 2 is 2.04 bits per heavy atom. The third-order valence-corrected chi connectivity index (χ3v) is 4.16. The Labute approximate surface area is 135 Å². The topological polar surface area (TPSA) is 128 Å². The number of methoxy groups -OCH3 is 1. The van der Waals surface area contributed by atoms with Crippen molar-refractivity contribution in [3.63, 3.8) is 0 Å². The van der Waals surface area contributed by atoms with E-state index < -0.39 is 36.4 Å². The molecule has 0 heterocycles. The van der Waals surface area contributed by atoms with Crippen molar-refractivity contribution in [3.8, 4) is 0 Å². The van der Waals surface area contributed by atoms with Gasteiger partial charge in [-0.1, -0.05) is 20.3 Å². The summed E-state index contributed by atoms with van der Waals surface area (Å²) in [4.78, 5) is 34.2. The van der Waals surface area contributed by atoms with Gasteiger partial charge in [0.05, 0.1) is 32.3 Å². The molecule has 4 N–H and O–H groups in total. The molecule has 0 aromatic rings. The van der Waals surface area contributed by atoms with Crippen molar-refractivity contribution in [2.75, 3.05) is 13.7 Å². The molecular formula is C15H26N2O6. The van der Waals surface area contributed by atoms with Crippen LogP contribution in [0.4, 0.5) is 0 Å². The number of carbonyl (C=O) groups excluding carboxylic acids is 2. The van der Waals surface area contributed by atoms with Gasteiger partial charge in [0.1, 0.15) is 0 Å². The highest BCUT2D eigenvalue weighted by atomic mass is 16.5. The van der Waals surface area contributed by atoms with Gasteiger partial charge in [0.2, 0.25) is 5.91 Å². The Morgan fingerprint density at radius 3 is 2.52 bits per heavy atom. The van der Waals surface area contributed by atoms with Gasteiger partial charge >= 0.3 is 11.9 Å². The van der Waals surface area contributed by atoms with Crippen LogP contribution < -0.4 is 11.1 Å². The molecule has 0 radical (unpaired) electrons. The number of esters is 1. The first-order chi connectivity index (χ1) is 10.7. The second-order valence-corrected chi connectivity index (χ2v) is 6.49. The van der Waals surface area contributed by atoms with Crippen LogP contribution >= 0.6 is 0 Å². The van der Waals surface area contributed by atoms with E-state index in [1.807, 2.05) is 0 Å². The minimum Gasteiger partial charge on any atom is -0.481 e. The van der Waals surface area contributed by atoms with Crippen LogP contribution in [0.3, 0.4) is 0 Å². The lowest BCUT2D eigenvalue weighted by atomic mass is 9.89. The van der Waals surface area contributed by atoms with Gasteiger partial charge in [-0.2, -0.15) is 0 Å². The molecular weight excluding hydrogens is 304 g/mol. The fourth-order valence-corrected chi connectivity index (χ4v) is 2.69. The number of carbonyl (C=O) groups is 3. The lowest BCUT2D eigenvalue weighted by Crippen LogP contribution is -2.51. The number of rotatable bonds is 8. The molecule has 1 aliphatic rings. The summed E-state index contributed by atoms with van der Waals surface area (Å²) in [5, 5.41) is 11.0. The summed E-state index contributed by atoms with van der Waals surface area (Å²) >= 11 is 0. The predicted octanol–water partition coefficient (Wildman–Crippen LogP) is 0.0415. The lowest BCUT2D eigenvalue weighted by Gasteiger charge is -2.28. The molecule has 0 saturated heterocycles. The summed E-state index contributed by atoms with van der Waals surface area (Å²) in [6.07, 6.45) is 2.47. The summed E-state index contributed by atoms with van der Waals surface area (Å²) in [6.45, 7) is 4.16. The van der Waals surface area contributed by atoms with Crippen molar-refractivity contribution in [1.82, 2.24) is 5.32 Å². The maximum atomic E-state index is 11.9. The van der Waals surface area contributed by atoms with Gasteiger partial charge < -0.3 is 25.6 Å². The van der Waals surface area contributed by atoms with Crippen LogP contribution in [0.1, 0.15) is 39.5 Å². The normalized spacial score (nSPS) is 22.2. The number of carboxylic acids is 1. The zero-order chi connectivity index (χ0) is 17.6. The van der Waals surface area contributed by atoms with E-state index in [4.69, 9.17) is 15.6 Å². The number of carboxylic acid groups (broad SMARTS) is 1. The molecule has 1 unspecified atom stereocenters. The number of nitrogens with two attached hydrogens (primary N) is 1. The molecule has 132 valence electrons. The second-order valence-electron chi connectivity index (χ2n) is 6.49. The fraction of sp³-hybridized carbons (Fsp3) is 0.800. The van der Waals surface area contributed by atoms with E-state index in [0.717, 1.165) is 19.3 Å². The van der Waals surface area contributed by atoms with Crippen LogP contribution in [0.2, 0.25) is 0 Å². The average molecular weight is 330 g/mol. The maximum Gasteiger partial charge on any atom is 0.330 e. The molecule has 23 heavy (non-hydrogen) atoms. The molecule has 0 spiro atoms. The molecule has 1 saturated carbocycles. The number of aliphatic carboxylic acids is 1. The van der Waals surface area contributed by atoms with Crippen molar-refractivity contribution in [3.05, 3.63) is 0 Å². The SMILES string of the molecule is COC(=O)[C@H](COC1CCCC1(C)C)NC(=O)[C@@H](N)CC(=O)O. The molecule has 1 fully saturated rings. The fourth-order valence-electron chi connectivity index (χ4n) is 2.69. The van der Waals surface area contributed by atoms with Crippen LogP contribution in [0, 0.1) is 5.41 Å². The zero-order valence-electron chi connectivity index (χ0n) is 13.8. The van der Waals surface area contributed by atoms with Crippen molar-refractivity contribution in [1.29, 1.82) is 0 Å². The zero-order valence-corrected chi connectivity index (χ0v) is 13.8. The van der Waals surface area contributed by atoms with Crippen molar-refractivity contribution >= 4 is 17.8 Å². The Bertz CT molecular complexity index is 451. The van der Waals surface area contributed by atoms with Gasteiger partial charge in [-0.3, -0.25) is 9.59 Å². The van der Waals surface area contributed by atoms with E-state index in [1.165, 1.54) is 7.11 Å². The van der Waals surface area contributed by atoms with Crippen LogP contribution in [0.15, 0.2) is 0 Å². The maximum absolute atomic E-state index is 11.9. The van der Waals surface area contributed by atoms with E-state index in [-0.39, 0.29) is 18.1 Å². The molecule has 0 aromatic carbocycles. The number of nitrogens with one attached hydrogen (secondary N) is 1. The number of amides is 1. The van der Waals surface area contributed by atoms with E-state index in [1.54, 1.807) is 0 Å². The minimum absolute atomic E-state index is 0.000693. The second kappa shape index (κ2) is 8.26. The smallest absolute Gasteiger partial charge is 0.330 e. The predicted molar refractivity (Wildman–Crippen MR) is 81.5 cm³/mol. The van der Waals surface area contributed by atoms with Gasteiger partial charge in [0, 0.05) is 0 Å². The molecule has 0 aromatic heterocycles. The Kier molecular flexibility index (Phi) is 6.96. The van der Waals surface area contributed by atoms with Gasteiger partial charge in [0.25, 0.3) is 0 Å². The third kappa shape index (κ3) is 5.80. The highest BCUT2D eigenvalue weighted by Crippen LogP contribution is 2.39. The van der Waals surface area contributed by atoms with Gasteiger partial charge in [0.15, 0.2) is 6.04 Å². The van der Waals surface area contributed by atoms with E-state index >= 15 is 0 Å². The summed E-state index contributed by atoms with van der Waals surface area (Å²) in [5.41, 5.74) is 5.50. The standard InChI is InChI=1S/C15H26N2O6/c1-15(2)6-4-5-11(15)23-8-10(14(21)22-3)17-13(20)9(16)7-12(18)19/h9-11H,4-8,16H2,1-3H3,(H,17,20)(H,18,19)/t9-,10-,11?/m0/s1. The first-order valence-electron chi connectivity index (χ1n) is 7.64. The molecule has 8 heteroatoms. The highest BCUT2D eigenvalue weighted by molar-refractivity contribution is 5.89. The quantitative estimate of drug-likeness (QED) is 0.536. The van der Waals surface area contributed by atoms with Gasteiger partial charge in [-0.25, -0.2) is 4.79 Å². The van der Waals surface area contributed by atoms with Gasteiger partial charge in [-0.05, 0) is 18.3 Å². The largest absolute Gasteiger partial charge is 0.481 e. The highest BCUT2D eigenvalue weighted by Gasteiger charge is 2.36. The van der Waals surface area contributed by atoms with Crippen LogP contribution in [0.25, 0.3) is 0 Å². The third-order valence-electron chi connectivity index (χ3n) is 4.16. The summed E-state index contributed by atoms with van der Waals surface area (Å²) in [7, 11) is 1.21. The minimum atomic E-state index is -1.23.